The lowest BCUT2D eigenvalue weighted by atomic mass is 10.1. The van der Waals surface area contributed by atoms with Crippen LogP contribution in [0.3, 0.4) is 0 Å². The summed E-state index contributed by atoms with van der Waals surface area (Å²) in [6.07, 6.45) is 1.89. The molecule has 3 heteroatoms. The minimum atomic E-state index is -0.0918. The molecule has 94 valence electrons. The number of anilines is 1. The van der Waals surface area contributed by atoms with Crippen molar-refractivity contribution in [3.63, 3.8) is 0 Å². The van der Waals surface area contributed by atoms with Gasteiger partial charge in [0.2, 0.25) is 0 Å². The van der Waals surface area contributed by atoms with Gasteiger partial charge in [0.1, 0.15) is 0 Å². The minimum Gasteiger partial charge on any atom is -0.361 e. The summed E-state index contributed by atoms with van der Waals surface area (Å²) in [7, 11) is 0. The standard InChI is InChI=1S/C16H14N2O/c1-11-2-4-13(5-3-11)16(19)18-14-7-6-12-8-9-17-15(12)10-14/h2-10,17H,1H3,(H,18,19). The molecule has 1 heterocycles. The van der Waals surface area contributed by atoms with E-state index in [1.165, 1.54) is 0 Å². The Bertz CT molecular complexity index is 726. The van der Waals surface area contributed by atoms with Gasteiger partial charge in [-0.2, -0.15) is 0 Å². The van der Waals surface area contributed by atoms with Gasteiger partial charge in [0, 0.05) is 23.0 Å². The molecule has 0 bridgehead atoms. The zero-order valence-corrected chi connectivity index (χ0v) is 10.6. The van der Waals surface area contributed by atoms with Gasteiger partial charge >= 0.3 is 0 Å². The van der Waals surface area contributed by atoms with Crippen LogP contribution in [0.5, 0.6) is 0 Å². The zero-order chi connectivity index (χ0) is 13.2. The van der Waals surface area contributed by atoms with Gasteiger partial charge in [0.15, 0.2) is 0 Å². The monoisotopic (exact) mass is 250 g/mol. The molecular weight excluding hydrogens is 236 g/mol. The summed E-state index contributed by atoms with van der Waals surface area (Å²) in [5.74, 6) is -0.0918. The fourth-order valence-electron chi connectivity index (χ4n) is 2.03. The van der Waals surface area contributed by atoms with Crippen molar-refractivity contribution in [2.75, 3.05) is 5.32 Å². The van der Waals surface area contributed by atoms with E-state index in [0.29, 0.717) is 5.56 Å². The van der Waals surface area contributed by atoms with Crippen LogP contribution in [0, 0.1) is 6.92 Å². The molecule has 0 radical (unpaired) electrons. The summed E-state index contributed by atoms with van der Waals surface area (Å²) in [5.41, 5.74) is 3.61. The van der Waals surface area contributed by atoms with Crippen LogP contribution >= 0.6 is 0 Å². The van der Waals surface area contributed by atoms with Gasteiger partial charge in [-0.1, -0.05) is 23.8 Å². The highest BCUT2D eigenvalue weighted by Crippen LogP contribution is 2.18. The number of aromatic nitrogens is 1. The molecule has 0 unspecified atom stereocenters. The SMILES string of the molecule is Cc1ccc(C(=O)Nc2ccc3cc[nH]c3c2)cc1. The maximum absolute atomic E-state index is 12.1. The molecule has 0 aliphatic rings. The van der Waals surface area contributed by atoms with E-state index in [9.17, 15) is 4.79 Å². The lowest BCUT2D eigenvalue weighted by Crippen LogP contribution is -2.11. The Balaban J connectivity index is 1.83. The van der Waals surface area contributed by atoms with Crippen LogP contribution in [0.2, 0.25) is 0 Å². The van der Waals surface area contributed by atoms with Gasteiger partial charge in [-0.25, -0.2) is 0 Å². The molecule has 1 aromatic heterocycles. The molecule has 19 heavy (non-hydrogen) atoms. The van der Waals surface area contributed by atoms with Crippen molar-refractivity contribution in [2.45, 2.75) is 6.92 Å². The van der Waals surface area contributed by atoms with Crippen molar-refractivity contribution in [3.8, 4) is 0 Å². The van der Waals surface area contributed by atoms with E-state index < -0.39 is 0 Å². The van der Waals surface area contributed by atoms with E-state index in [0.717, 1.165) is 22.2 Å². The number of nitrogens with one attached hydrogen (secondary N) is 2. The third kappa shape index (κ3) is 2.36. The summed E-state index contributed by atoms with van der Waals surface area (Å²) < 4.78 is 0. The Kier molecular flexibility index (Phi) is 2.80. The number of aryl methyl sites for hydroxylation is 1. The first-order chi connectivity index (χ1) is 9.22. The van der Waals surface area contributed by atoms with E-state index in [1.807, 2.05) is 61.7 Å². The molecule has 2 N–H and O–H groups in total. The Hall–Kier alpha value is -2.55. The summed E-state index contributed by atoms with van der Waals surface area (Å²) in [4.78, 5) is 15.2. The Morgan fingerprint density at radius 2 is 1.84 bits per heavy atom. The van der Waals surface area contributed by atoms with Crippen molar-refractivity contribution in [3.05, 3.63) is 65.9 Å². The largest absolute Gasteiger partial charge is 0.361 e. The van der Waals surface area contributed by atoms with Gasteiger partial charge in [-0.3, -0.25) is 4.79 Å². The van der Waals surface area contributed by atoms with Crippen LogP contribution in [-0.2, 0) is 0 Å². The van der Waals surface area contributed by atoms with Gasteiger partial charge in [-0.05, 0) is 42.6 Å². The van der Waals surface area contributed by atoms with E-state index >= 15 is 0 Å². The second-order valence-corrected chi connectivity index (χ2v) is 4.60. The highest BCUT2D eigenvalue weighted by atomic mass is 16.1. The molecular formula is C16H14N2O. The van der Waals surface area contributed by atoms with Crippen LogP contribution in [0.15, 0.2) is 54.7 Å². The fourth-order valence-corrected chi connectivity index (χ4v) is 2.03. The molecule has 3 rings (SSSR count). The molecule has 3 nitrogen and oxygen atoms in total. The van der Waals surface area contributed by atoms with Crippen LogP contribution in [0.1, 0.15) is 15.9 Å². The molecule has 0 atom stereocenters. The number of benzene rings is 2. The zero-order valence-electron chi connectivity index (χ0n) is 10.6. The summed E-state index contributed by atoms with van der Waals surface area (Å²) in [6.45, 7) is 2.00. The number of H-pyrrole nitrogens is 1. The second-order valence-electron chi connectivity index (χ2n) is 4.60. The minimum absolute atomic E-state index is 0.0918. The maximum atomic E-state index is 12.1. The van der Waals surface area contributed by atoms with Gasteiger partial charge in [0.25, 0.3) is 5.91 Å². The molecule has 0 aliphatic heterocycles. The van der Waals surface area contributed by atoms with Gasteiger partial charge in [-0.15, -0.1) is 0 Å². The molecule has 0 saturated carbocycles. The van der Waals surface area contributed by atoms with Crippen LogP contribution in [0.25, 0.3) is 10.9 Å². The topological polar surface area (TPSA) is 44.9 Å². The molecule has 3 aromatic rings. The lowest BCUT2D eigenvalue weighted by molar-refractivity contribution is 0.102. The number of fused-ring (bicyclic) bond motifs is 1. The predicted octanol–water partition coefficient (Wildman–Crippen LogP) is 3.73. The van der Waals surface area contributed by atoms with E-state index in [-0.39, 0.29) is 5.91 Å². The summed E-state index contributed by atoms with van der Waals surface area (Å²) in [6, 6.07) is 15.4. The maximum Gasteiger partial charge on any atom is 0.255 e. The first-order valence-electron chi connectivity index (χ1n) is 6.17. The average Bonchev–Trinajstić information content (AvgIpc) is 2.87. The molecule has 1 amide bonds. The number of aromatic amines is 1. The summed E-state index contributed by atoms with van der Waals surface area (Å²) in [5, 5.41) is 4.03. The predicted molar refractivity (Wildman–Crippen MR) is 77.4 cm³/mol. The molecule has 0 aliphatic carbocycles. The average molecular weight is 250 g/mol. The summed E-state index contributed by atoms with van der Waals surface area (Å²) >= 11 is 0. The van der Waals surface area contributed by atoms with Gasteiger partial charge < -0.3 is 10.3 Å². The van der Waals surface area contributed by atoms with Gasteiger partial charge in [0.05, 0.1) is 0 Å². The van der Waals surface area contributed by atoms with Crippen LogP contribution in [-0.4, -0.2) is 10.9 Å². The quantitative estimate of drug-likeness (QED) is 0.715. The lowest BCUT2D eigenvalue weighted by Gasteiger charge is -2.05. The number of hydrogen-bond acceptors (Lipinski definition) is 1. The molecule has 2 aromatic carbocycles. The number of amides is 1. The van der Waals surface area contributed by atoms with Crippen molar-refractivity contribution in [1.29, 1.82) is 0 Å². The van der Waals surface area contributed by atoms with E-state index in [2.05, 4.69) is 10.3 Å². The Morgan fingerprint density at radius 3 is 2.63 bits per heavy atom. The number of carbonyl (C=O) groups is 1. The van der Waals surface area contributed by atoms with Crippen molar-refractivity contribution < 1.29 is 4.79 Å². The fraction of sp³-hybridized carbons (Fsp3) is 0.0625. The first-order valence-corrected chi connectivity index (χ1v) is 6.17. The Labute approximate surface area is 111 Å². The van der Waals surface area contributed by atoms with Crippen LogP contribution in [0.4, 0.5) is 5.69 Å². The van der Waals surface area contributed by atoms with E-state index in [4.69, 9.17) is 0 Å². The number of hydrogen-bond donors (Lipinski definition) is 2. The molecule has 0 fully saturated rings. The number of rotatable bonds is 2. The molecule has 0 spiro atoms. The third-order valence-corrected chi connectivity index (χ3v) is 3.13. The van der Waals surface area contributed by atoms with Crippen molar-refractivity contribution in [2.24, 2.45) is 0 Å². The van der Waals surface area contributed by atoms with Crippen molar-refractivity contribution in [1.82, 2.24) is 4.98 Å². The second kappa shape index (κ2) is 4.61. The highest BCUT2D eigenvalue weighted by molar-refractivity contribution is 6.05. The van der Waals surface area contributed by atoms with Crippen molar-refractivity contribution >= 4 is 22.5 Å². The molecule has 0 saturated heterocycles. The first kappa shape index (κ1) is 11.5. The Morgan fingerprint density at radius 1 is 1.05 bits per heavy atom. The number of carbonyl (C=O) groups excluding carboxylic acids is 1. The highest BCUT2D eigenvalue weighted by Gasteiger charge is 2.06. The van der Waals surface area contributed by atoms with E-state index in [1.54, 1.807) is 0 Å². The smallest absolute Gasteiger partial charge is 0.255 e. The van der Waals surface area contributed by atoms with Crippen LogP contribution < -0.4 is 5.32 Å². The normalized spacial score (nSPS) is 10.6. The third-order valence-electron chi connectivity index (χ3n) is 3.13.